The second-order valence-corrected chi connectivity index (χ2v) is 2.89. The van der Waals surface area contributed by atoms with Gasteiger partial charge in [0, 0.05) is 12.2 Å². The van der Waals surface area contributed by atoms with Crippen LogP contribution in [0.1, 0.15) is 0 Å². The van der Waals surface area contributed by atoms with E-state index in [1.54, 1.807) is 12.1 Å². The topological polar surface area (TPSA) is 88.3 Å². The number of amides is 2. The number of imide groups is 1. The molecule has 0 spiro atoms. The van der Waals surface area contributed by atoms with Gasteiger partial charge in [-0.1, -0.05) is 0 Å². The number of rotatable bonds is 2. The Morgan fingerprint density at radius 1 is 1.20 bits per heavy atom. The van der Waals surface area contributed by atoms with Crippen LogP contribution in [0.2, 0.25) is 0 Å². The summed E-state index contributed by atoms with van der Waals surface area (Å²) in [5.74, 6) is 4.87. The average molecular weight is 204 g/mol. The van der Waals surface area contributed by atoms with E-state index in [-0.39, 0.29) is 11.8 Å². The first-order chi connectivity index (χ1) is 7.22. The van der Waals surface area contributed by atoms with Crippen molar-refractivity contribution in [2.24, 2.45) is 5.84 Å². The summed E-state index contributed by atoms with van der Waals surface area (Å²) >= 11 is 0. The lowest BCUT2D eigenvalue weighted by atomic mass is 10.3. The van der Waals surface area contributed by atoms with Crippen LogP contribution in [0.25, 0.3) is 0 Å². The van der Waals surface area contributed by atoms with Gasteiger partial charge in [-0.3, -0.25) is 9.59 Å². The number of hydrogen-bond donors (Lipinski definition) is 2. The van der Waals surface area contributed by atoms with Crippen LogP contribution < -0.4 is 16.2 Å². The highest BCUT2D eigenvalue weighted by molar-refractivity contribution is 6.28. The predicted octanol–water partition coefficient (Wildman–Crippen LogP) is -0.203. The van der Waals surface area contributed by atoms with Gasteiger partial charge >= 0.3 is 0 Å². The van der Waals surface area contributed by atoms with E-state index >= 15 is 0 Å². The molecular weight excluding hydrogens is 196 g/mol. The van der Waals surface area contributed by atoms with Crippen molar-refractivity contribution in [3.63, 3.8) is 0 Å². The van der Waals surface area contributed by atoms with Crippen LogP contribution in [0.4, 0.5) is 11.5 Å². The van der Waals surface area contributed by atoms with Gasteiger partial charge in [0.15, 0.2) is 0 Å². The molecule has 0 saturated carbocycles. The van der Waals surface area contributed by atoms with Crippen LogP contribution >= 0.6 is 0 Å². The highest BCUT2D eigenvalue weighted by atomic mass is 16.2. The number of carbonyl (C=O) groups is 2. The van der Waals surface area contributed by atoms with Gasteiger partial charge in [-0.05, 0) is 12.1 Å². The van der Waals surface area contributed by atoms with Gasteiger partial charge in [0.25, 0.3) is 11.8 Å². The van der Waals surface area contributed by atoms with Gasteiger partial charge in [-0.25, -0.2) is 15.7 Å². The van der Waals surface area contributed by atoms with Crippen molar-refractivity contribution in [1.29, 1.82) is 0 Å². The summed E-state index contributed by atoms with van der Waals surface area (Å²) in [6, 6.07) is 3.17. The second-order valence-electron chi connectivity index (χ2n) is 2.89. The fourth-order valence-corrected chi connectivity index (χ4v) is 1.26. The molecule has 6 heteroatoms. The lowest BCUT2D eigenvalue weighted by Crippen LogP contribution is -2.29. The number of anilines is 2. The van der Waals surface area contributed by atoms with Crippen molar-refractivity contribution in [3.05, 3.63) is 30.5 Å². The fourth-order valence-electron chi connectivity index (χ4n) is 1.26. The van der Waals surface area contributed by atoms with Crippen LogP contribution in [-0.4, -0.2) is 16.8 Å². The molecule has 0 aromatic carbocycles. The molecule has 1 aromatic heterocycles. The Kier molecular flexibility index (Phi) is 2.18. The predicted molar refractivity (Wildman–Crippen MR) is 53.7 cm³/mol. The molecule has 0 saturated heterocycles. The molecule has 3 N–H and O–H groups in total. The number of pyridine rings is 1. The van der Waals surface area contributed by atoms with E-state index in [1.165, 1.54) is 18.3 Å². The van der Waals surface area contributed by atoms with E-state index in [4.69, 9.17) is 5.84 Å². The van der Waals surface area contributed by atoms with Crippen molar-refractivity contribution >= 4 is 23.3 Å². The van der Waals surface area contributed by atoms with Crippen molar-refractivity contribution < 1.29 is 9.59 Å². The summed E-state index contributed by atoms with van der Waals surface area (Å²) in [6.45, 7) is 0. The van der Waals surface area contributed by atoms with Crippen molar-refractivity contribution in [1.82, 2.24) is 4.98 Å². The smallest absolute Gasteiger partial charge is 0.258 e. The number of carbonyl (C=O) groups excluding carboxylic acids is 2. The molecule has 0 radical (unpaired) electrons. The van der Waals surface area contributed by atoms with Crippen LogP contribution in [-0.2, 0) is 9.59 Å². The number of hydrogen-bond acceptors (Lipinski definition) is 5. The van der Waals surface area contributed by atoms with Gasteiger partial charge in [-0.15, -0.1) is 0 Å². The summed E-state index contributed by atoms with van der Waals surface area (Å²) in [5.41, 5.74) is 2.78. The third kappa shape index (κ3) is 1.57. The van der Waals surface area contributed by atoms with E-state index in [1.807, 2.05) is 0 Å². The zero-order chi connectivity index (χ0) is 10.8. The van der Waals surface area contributed by atoms with Crippen molar-refractivity contribution in [2.45, 2.75) is 0 Å². The summed E-state index contributed by atoms with van der Waals surface area (Å²) in [4.78, 5) is 27.5. The molecule has 0 atom stereocenters. The molecule has 2 heterocycles. The maximum atomic E-state index is 11.3. The first-order valence-electron chi connectivity index (χ1n) is 4.21. The molecule has 15 heavy (non-hydrogen) atoms. The van der Waals surface area contributed by atoms with Crippen LogP contribution in [0.5, 0.6) is 0 Å². The molecule has 2 rings (SSSR count). The maximum absolute atomic E-state index is 11.3. The zero-order valence-electron chi connectivity index (χ0n) is 7.68. The fraction of sp³-hybridized carbons (Fsp3) is 0. The molecular formula is C9H8N4O2. The number of nitrogens with zero attached hydrogens (tertiary/aromatic N) is 2. The minimum atomic E-state index is -0.366. The standard InChI is InChI=1S/C9H8N4O2/c10-12-7-2-1-6(5-11-7)13-8(14)3-4-9(13)15/h1-5H,10H2,(H,11,12). The Hall–Kier alpha value is -2.21. The van der Waals surface area contributed by atoms with E-state index in [9.17, 15) is 9.59 Å². The van der Waals surface area contributed by atoms with Crippen LogP contribution in [0.3, 0.4) is 0 Å². The number of nitrogen functional groups attached to an aromatic ring is 1. The normalized spacial score (nSPS) is 14.9. The molecule has 0 bridgehead atoms. The Morgan fingerprint density at radius 3 is 2.33 bits per heavy atom. The lowest BCUT2D eigenvalue weighted by Gasteiger charge is -2.13. The molecule has 1 aliphatic rings. The van der Waals surface area contributed by atoms with Crippen LogP contribution in [0, 0.1) is 0 Å². The quantitative estimate of drug-likeness (QED) is 0.395. The molecule has 0 aliphatic carbocycles. The molecule has 76 valence electrons. The molecule has 2 amide bonds. The molecule has 0 unspecified atom stereocenters. The third-order valence-electron chi connectivity index (χ3n) is 1.96. The molecule has 0 fully saturated rings. The molecule has 1 aliphatic heterocycles. The second kappa shape index (κ2) is 3.50. The monoisotopic (exact) mass is 204 g/mol. The summed E-state index contributed by atoms with van der Waals surface area (Å²) < 4.78 is 0. The minimum Gasteiger partial charge on any atom is -0.308 e. The number of nitrogens with two attached hydrogens (primary N) is 1. The van der Waals surface area contributed by atoms with Crippen molar-refractivity contribution in [3.8, 4) is 0 Å². The van der Waals surface area contributed by atoms with E-state index < -0.39 is 0 Å². The first-order valence-corrected chi connectivity index (χ1v) is 4.21. The average Bonchev–Trinajstić information content (AvgIpc) is 2.59. The van der Waals surface area contributed by atoms with Crippen LogP contribution in [0.15, 0.2) is 30.5 Å². The Bertz CT molecular complexity index is 420. The Labute approximate surface area is 85.4 Å². The highest BCUT2D eigenvalue weighted by Gasteiger charge is 2.25. The van der Waals surface area contributed by atoms with Gasteiger partial charge in [0.2, 0.25) is 0 Å². The van der Waals surface area contributed by atoms with Gasteiger partial charge in [0.05, 0.1) is 11.9 Å². The number of nitrogens with one attached hydrogen (secondary N) is 1. The molecule has 6 nitrogen and oxygen atoms in total. The zero-order valence-corrected chi connectivity index (χ0v) is 7.68. The SMILES string of the molecule is NNc1ccc(N2C(=O)C=CC2=O)cn1. The number of aromatic nitrogens is 1. The summed E-state index contributed by atoms with van der Waals surface area (Å²) in [6.07, 6.45) is 3.84. The Balaban J connectivity index is 2.30. The van der Waals surface area contributed by atoms with Crippen molar-refractivity contribution in [2.75, 3.05) is 10.3 Å². The lowest BCUT2D eigenvalue weighted by molar-refractivity contribution is -0.119. The van der Waals surface area contributed by atoms with Gasteiger partial charge in [-0.2, -0.15) is 0 Å². The van der Waals surface area contributed by atoms with E-state index in [2.05, 4.69) is 10.4 Å². The van der Waals surface area contributed by atoms with Gasteiger partial charge < -0.3 is 5.43 Å². The largest absolute Gasteiger partial charge is 0.308 e. The Morgan fingerprint density at radius 2 is 1.87 bits per heavy atom. The minimum absolute atomic E-state index is 0.366. The van der Waals surface area contributed by atoms with Gasteiger partial charge in [0.1, 0.15) is 5.82 Å². The van der Waals surface area contributed by atoms with E-state index in [0.717, 1.165) is 4.90 Å². The summed E-state index contributed by atoms with van der Waals surface area (Å²) in [5, 5.41) is 0. The molecule has 1 aromatic rings. The first kappa shape index (κ1) is 9.35. The third-order valence-corrected chi connectivity index (χ3v) is 1.96. The number of hydrazine groups is 1. The van der Waals surface area contributed by atoms with E-state index in [0.29, 0.717) is 11.5 Å². The maximum Gasteiger partial charge on any atom is 0.258 e. The highest BCUT2D eigenvalue weighted by Crippen LogP contribution is 2.18. The summed E-state index contributed by atoms with van der Waals surface area (Å²) in [7, 11) is 0.